The number of hydrogen-bond donors (Lipinski definition) is 0. The van der Waals surface area contributed by atoms with Gasteiger partial charge >= 0.3 is 29.0 Å². The molecule has 28 heavy (non-hydrogen) atoms. The number of ether oxygens (including phenoxy) is 1. The van der Waals surface area contributed by atoms with Crippen LogP contribution in [0, 0.1) is 27.7 Å². The number of halogens is 1. The summed E-state index contributed by atoms with van der Waals surface area (Å²) < 4.78 is 5.69. The summed E-state index contributed by atoms with van der Waals surface area (Å²) in [7, 11) is 0. The van der Waals surface area contributed by atoms with Crippen molar-refractivity contribution in [1.82, 2.24) is 0 Å². The normalized spacial score (nSPS) is 9.86. The standard InChI is InChI=1S/C23H22O3.ClH.Mg/c1-14-10-12-19(24)21(16(14)3)22-17(4)15(2)11-13-20(22)26-23(25)18-8-6-5-7-9-18;;/h5-13,24H,1-4H3;1H;/q;;+2/p-2. The number of hydrogen-bond acceptors (Lipinski definition) is 3. The van der Waals surface area contributed by atoms with Gasteiger partial charge in [0.1, 0.15) is 5.75 Å². The van der Waals surface area contributed by atoms with Crippen LogP contribution in [0.1, 0.15) is 32.6 Å². The van der Waals surface area contributed by atoms with E-state index in [2.05, 4.69) is 0 Å². The van der Waals surface area contributed by atoms with Gasteiger partial charge in [-0.2, -0.15) is 0 Å². The van der Waals surface area contributed by atoms with Crippen LogP contribution in [-0.4, -0.2) is 29.0 Å². The number of rotatable bonds is 3. The zero-order chi connectivity index (χ0) is 18.8. The van der Waals surface area contributed by atoms with Crippen LogP contribution in [0.15, 0.2) is 54.6 Å². The number of benzene rings is 3. The van der Waals surface area contributed by atoms with Crippen molar-refractivity contribution in [3.8, 4) is 22.6 Å². The zero-order valence-electron chi connectivity index (χ0n) is 16.5. The third-order valence-corrected chi connectivity index (χ3v) is 4.86. The quantitative estimate of drug-likeness (QED) is 0.377. The van der Waals surface area contributed by atoms with Crippen molar-refractivity contribution >= 4 is 29.0 Å². The molecule has 3 aromatic rings. The molecular weight excluding hydrogens is 384 g/mol. The van der Waals surface area contributed by atoms with Gasteiger partial charge < -0.3 is 22.3 Å². The van der Waals surface area contributed by atoms with Crippen LogP contribution in [0.25, 0.3) is 11.1 Å². The van der Waals surface area contributed by atoms with Crippen LogP contribution in [0.4, 0.5) is 0 Å². The second-order valence-electron chi connectivity index (χ2n) is 6.52. The van der Waals surface area contributed by atoms with Gasteiger partial charge in [-0.1, -0.05) is 36.4 Å². The van der Waals surface area contributed by atoms with Crippen molar-refractivity contribution in [1.29, 1.82) is 0 Å². The monoisotopic (exact) mass is 404 g/mol. The first-order valence-corrected chi connectivity index (χ1v) is 8.55. The molecule has 0 N–H and O–H groups in total. The number of aryl methyl sites for hydroxylation is 2. The van der Waals surface area contributed by atoms with E-state index < -0.39 is 5.97 Å². The minimum Gasteiger partial charge on any atom is -1.00 e. The van der Waals surface area contributed by atoms with Crippen LogP contribution < -0.4 is 22.3 Å². The molecule has 0 fully saturated rings. The predicted octanol–water partition coefficient (Wildman–Crippen LogP) is 1.50. The van der Waals surface area contributed by atoms with Crippen molar-refractivity contribution < 1.29 is 27.0 Å². The number of esters is 1. The number of carbonyl (C=O) groups is 1. The maximum atomic E-state index is 12.6. The molecule has 0 aromatic heterocycles. The van der Waals surface area contributed by atoms with E-state index in [4.69, 9.17) is 4.74 Å². The molecule has 0 unspecified atom stereocenters. The summed E-state index contributed by atoms with van der Waals surface area (Å²) in [6.45, 7) is 7.83. The molecule has 0 saturated carbocycles. The SMILES string of the molecule is Cc1ccc([O-])c(-c2c(OC(=O)c3ccccc3)ccc(C)c2C)c1C.[Cl-].[Mg+2]. The van der Waals surface area contributed by atoms with Gasteiger partial charge in [-0.3, -0.25) is 0 Å². The van der Waals surface area contributed by atoms with Crippen LogP contribution in [0.3, 0.4) is 0 Å². The molecule has 3 nitrogen and oxygen atoms in total. The molecule has 0 amide bonds. The van der Waals surface area contributed by atoms with Crippen molar-refractivity contribution in [2.45, 2.75) is 27.7 Å². The van der Waals surface area contributed by atoms with Gasteiger partial charge in [0.2, 0.25) is 0 Å². The van der Waals surface area contributed by atoms with Crippen molar-refractivity contribution in [2.75, 3.05) is 0 Å². The first-order chi connectivity index (χ1) is 12.4. The third kappa shape index (κ3) is 4.69. The molecule has 0 aliphatic rings. The molecule has 0 spiro atoms. The Labute approximate surface area is 188 Å². The molecule has 0 saturated heterocycles. The molecule has 0 aliphatic carbocycles. The van der Waals surface area contributed by atoms with E-state index in [1.807, 2.05) is 45.9 Å². The fourth-order valence-electron chi connectivity index (χ4n) is 3.02. The minimum atomic E-state index is -0.437. The van der Waals surface area contributed by atoms with Gasteiger partial charge in [0.05, 0.1) is 5.56 Å². The van der Waals surface area contributed by atoms with Gasteiger partial charge in [-0.05, 0) is 73.7 Å². The summed E-state index contributed by atoms with van der Waals surface area (Å²) in [5.74, 6) is -0.0978. The third-order valence-electron chi connectivity index (χ3n) is 4.86. The van der Waals surface area contributed by atoms with E-state index in [1.165, 1.54) is 0 Å². The Morgan fingerprint density at radius 2 is 1.32 bits per heavy atom. The molecule has 0 bridgehead atoms. The first-order valence-electron chi connectivity index (χ1n) is 8.55. The topological polar surface area (TPSA) is 49.4 Å². The van der Waals surface area contributed by atoms with Crippen LogP contribution in [0.5, 0.6) is 11.5 Å². The molecule has 5 heteroatoms. The van der Waals surface area contributed by atoms with Gasteiger partial charge in [0.15, 0.2) is 0 Å². The minimum absolute atomic E-state index is 0. The van der Waals surface area contributed by atoms with E-state index >= 15 is 0 Å². The Kier molecular flexibility index (Phi) is 8.55. The summed E-state index contributed by atoms with van der Waals surface area (Å²) in [4.78, 5) is 12.5. The van der Waals surface area contributed by atoms with E-state index in [-0.39, 0.29) is 41.2 Å². The molecule has 140 valence electrons. The van der Waals surface area contributed by atoms with Crippen LogP contribution in [0.2, 0.25) is 0 Å². The fraction of sp³-hybridized carbons (Fsp3) is 0.174. The van der Waals surface area contributed by atoms with Crippen molar-refractivity contribution in [3.63, 3.8) is 0 Å². The summed E-state index contributed by atoms with van der Waals surface area (Å²) in [6, 6.07) is 15.9. The van der Waals surface area contributed by atoms with Crippen LogP contribution >= 0.6 is 0 Å². The molecule has 0 heterocycles. The molecule has 0 atom stereocenters. The number of carbonyl (C=O) groups excluding carboxylic acids is 1. The average molecular weight is 405 g/mol. The van der Waals surface area contributed by atoms with Gasteiger partial charge in [0.25, 0.3) is 0 Å². The van der Waals surface area contributed by atoms with E-state index in [0.29, 0.717) is 22.4 Å². The molecular formula is C23H21ClMgO3. The summed E-state index contributed by atoms with van der Waals surface area (Å²) in [5.41, 5.74) is 5.68. The summed E-state index contributed by atoms with van der Waals surface area (Å²) in [6.07, 6.45) is 0. The molecule has 0 aliphatic heterocycles. The van der Waals surface area contributed by atoms with Gasteiger partial charge in [-0.15, -0.1) is 5.75 Å². The predicted molar refractivity (Wildman–Crippen MR) is 107 cm³/mol. The maximum absolute atomic E-state index is 12.6. The smallest absolute Gasteiger partial charge is 1.00 e. The largest absolute Gasteiger partial charge is 2.00 e. The average Bonchev–Trinajstić information content (AvgIpc) is 2.64. The fourth-order valence-corrected chi connectivity index (χ4v) is 3.02. The van der Waals surface area contributed by atoms with E-state index in [9.17, 15) is 9.90 Å². The Hall–Kier alpha value is -2.01. The molecule has 3 aromatic carbocycles. The van der Waals surface area contributed by atoms with E-state index in [1.54, 1.807) is 36.4 Å². The summed E-state index contributed by atoms with van der Waals surface area (Å²) >= 11 is 0. The Balaban J connectivity index is 0.00000196. The molecule has 0 radical (unpaired) electrons. The van der Waals surface area contributed by atoms with Crippen molar-refractivity contribution in [3.05, 3.63) is 82.4 Å². The zero-order valence-corrected chi connectivity index (χ0v) is 18.7. The Morgan fingerprint density at radius 3 is 1.93 bits per heavy atom. The van der Waals surface area contributed by atoms with E-state index in [0.717, 1.165) is 22.3 Å². The van der Waals surface area contributed by atoms with Gasteiger partial charge in [0, 0.05) is 5.56 Å². The second-order valence-corrected chi connectivity index (χ2v) is 6.52. The Morgan fingerprint density at radius 1 is 0.786 bits per heavy atom. The second kappa shape index (κ2) is 9.96. The molecule has 3 rings (SSSR count). The summed E-state index contributed by atoms with van der Waals surface area (Å²) in [5, 5.41) is 12.6. The van der Waals surface area contributed by atoms with Crippen LogP contribution in [-0.2, 0) is 0 Å². The van der Waals surface area contributed by atoms with Gasteiger partial charge in [-0.25, -0.2) is 4.79 Å². The van der Waals surface area contributed by atoms with Crippen molar-refractivity contribution in [2.24, 2.45) is 0 Å². The first kappa shape index (κ1) is 24.0. The maximum Gasteiger partial charge on any atom is 2.00 e. The Bertz CT molecular complexity index is 985.